The first-order chi connectivity index (χ1) is 17.2. The fourth-order valence-electron chi connectivity index (χ4n) is 3.49. The van der Waals surface area contributed by atoms with E-state index in [1.54, 1.807) is 31.2 Å². The number of carbonyl (C=O) groups is 1. The second-order valence-electron chi connectivity index (χ2n) is 7.78. The summed E-state index contributed by atoms with van der Waals surface area (Å²) in [6.07, 6.45) is 1.51. The Hall–Kier alpha value is -3.44. The minimum atomic E-state index is -0.679. The normalized spacial score (nSPS) is 13.9. The van der Waals surface area contributed by atoms with Gasteiger partial charge in [0, 0.05) is 20.8 Å². The van der Waals surface area contributed by atoms with Crippen molar-refractivity contribution in [3.63, 3.8) is 0 Å². The highest BCUT2D eigenvalue weighted by Gasteiger charge is 2.26. The van der Waals surface area contributed by atoms with Gasteiger partial charge in [-0.3, -0.25) is 10.1 Å². The van der Waals surface area contributed by atoms with Gasteiger partial charge in [-0.05, 0) is 84.0 Å². The summed E-state index contributed by atoms with van der Waals surface area (Å²) in [4.78, 5) is 27.5. The fraction of sp³-hybridized carbons (Fsp3) is 0.154. The van der Waals surface area contributed by atoms with Crippen molar-refractivity contribution >= 4 is 57.8 Å². The lowest BCUT2D eigenvalue weighted by Crippen LogP contribution is -2.06. The zero-order valence-electron chi connectivity index (χ0n) is 19.3. The molecule has 0 unspecified atom stereocenters. The Morgan fingerprint density at radius 2 is 1.97 bits per heavy atom. The number of hydrogen-bond acceptors (Lipinski definition) is 7. The van der Waals surface area contributed by atoms with Crippen molar-refractivity contribution in [3.05, 3.63) is 101 Å². The molecular formula is C26H20ClIN2O6. The minimum Gasteiger partial charge on any atom is -0.490 e. The smallest absolute Gasteiger partial charge is 0.363 e. The van der Waals surface area contributed by atoms with Crippen molar-refractivity contribution in [2.75, 3.05) is 6.61 Å². The molecule has 0 saturated carbocycles. The third-order valence-electron chi connectivity index (χ3n) is 5.18. The van der Waals surface area contributed by atoms with Crippen molar-refractivity contribution in [3.8, 4) is 11.5 Å². The van der Waals surface area contributed by atoms with Crippen LogP contribution in [0.25, 0.3) is 6.08 Å². The van der Waals surface area contributed by atoms with Gasteiger partial charge in [0.05, 0.1) is 16.6 Å². The van der Waals surface area contributed by atoms with E-state index in [2.05, 4.69) is 27.6 Å². The molecule has 184 valence electrons. The fourth-order valence-corrected chi connectivity index (χ4v) is 4.37. The highest BCUT2D eigenvalue weighted by atomic mass is 127. The third kappa shape index (κ3) is 5.85. The summed E-state index contributed by atoms with van der Waals surface area (Å²) >= 11 is 8.76. The maximum atomic E-state index is 12.5. The van der Waals surface area contributed by atoms with E-state index in [1.165, 1.54) is 12.1 Å². The van der Waals surface area contributed by atoms with Crippen molar-refractivity contribution in [2.24, 2.45) is 4.99 Å². The predicted molar refractivity (Wildman–Crippen MR) is 145 cm³/mol. The molecule has 0 saturated heterocycles. The molecule has 3 aromatic rings. The summed E-state index contributed by atoms with van der Waals surface area (Å²) in [6.45, 7) is 4.16. The number of aliphatic imine (C=N–C) groups is 1. The number of hydrogen-bond donors (Lipinski definition) is 0. The summed E-state index contributed by atoms with van der Waals surface area (Å²) < 4.78 is 18.1. The molecule has 0 amide bonds. The lowest BCUT2D eigenvalue weighted by atomic mass is 10.1. The van der Waals surface area contributed by atoms with Crippen LogP contribution in [-0.4, -0.2) is 23.4 Å². The monoisotopic (exact) mass is 618 g/mol. The molecule has 0 atom stereocenters. The molecule has 1 heterocycles. The predicted octanol–water partition coefficient (Wildman–Crippen LogP) is 6.48. The van der Waals surface area contributed by atoms with Crippen LogP contribution < -0.4 is 9.47 Å². The number of nitro benzene ring substituents is 1. The van der Waals surface area contributed by atoms with Gasteiger partial charge in [-0.2, -0.15) is 0 Å². The number of nitro groups is 1. The Bertz CT molecular complexity index is 1420. The standard InChI is InChI=1S/C26H20ClIN2O6/c1-3-34-23-12-17(10-20(27)24(23)35-14-16-5-4-6-19(28)9-16)11-21-26(31)36-25(29-21)18-8-7-15(2)22(13-18)30(32)33/h4-13H,3,14H2,1-2H3/b21-11-. The maximum Gasteiger partial charge on any atom is 0.363 e. The van der Waals surface area contributed by atoms with Gasteiger partial charge in [0.15, 0.2) is 17.2 Å². The van der Waals surface area contributed by atoms with E-state index in [-0.39, 0.29) is 17.3 Å². The zero-order valence-corrected chi connectivity index (χ0v) is 22.2. The third-order valence-corrected chi connectivity index (χ3v) is 6.13. The number of benzene rings is 3. The molecule has 3 aromatic carbocycles. The van der Waals surface area contributed by atoms with Crippen LogP contribution >= 0.6 is 34.2 Å². The molecule has 0 radical (unpaired) electrons. The van der Waals surface area contributed by atoms with Crippen molar-refractivity contribution in [2.45, 2.75) is 20.5 Å². The average Bonchev–Trinajstić information content (AvgIpc) is 3.19. The Morgan fingerprint density at radius 3 is 2.69 bits per heavy atom. The molecule has 0 N–H and O–H groups in total. The number of rotatable bonds is 8. The summed E-state index contributed by atoms with van der Waals surface area (Å²) in [7, 11) is 0. The molecule has 0 fully saturated rings. The molecule has 10 heteroatoms. The van der Waals surface area contributed by atoms with Gasteiger partial charge < -0.3 is 14.2 Å². The van der Waals surface area contributed by atoms with E-state index in [0.29, 0.717) is 46.4 Å². The molecular weight excluding hydrogens is 599 g/mol. The van der Waals surface area contributed by atoms with E-state index in [4.69, 9.17) is 25.8 Å². The number of aryl methyl sites for hydroxylation is 1. The molecule has 0 bridgehead atoms. The second-order valence-corrected chi connectivity index (χ2v) is 9.43. The molecule has 1 aliphatic rings. The molecule has 0 aromatic heterocycles. The Labute approximate surface area is 225 Å². The van der Waals surface area contributed by atoms with Gasteiger partial charge in [-0.25, -0.2) is 9.79 Å². The van der Waals surface area contributed by atoms with Gasteiger partial charge in [0.1, 0.15) is 6.61 Å². The SMILES string of the molecule is CCOc1cc(/C=C2\N=C(c3ccc(C)c([N+](=O)[O-])c3)OC2=O)cc(Cl)c1OCc1cccc(I)c1. The molecule has 0 aliphatic carbocycles. The van der Waals surface area contributed by atoms with Gasteiger partial charge >= 0.3 is 5.97 Å². The van der Waals surface area contributed by atoms with Gasteiger partial charge in [0.25, 0.3) is 5.69 Å². The van der Waals surface area contributed by atoms with Gasteiger partial charge in [-0.15, -0.1) is 0 Å². The average molecular weight is 619 g/mol. The molecule has 36 heavy (non-hydrogen) atoms. The molecule has 8 nitrogen and oxygen atoms in total. The first-order valence-corrected chi connectivity index (χ1v) is 12.3. The van der Waals surface area contributed by atoms with Gasteiger partial charge in [0.2, 0.25) is 5.90 Å². The molecule has 4 rings (SSSR count). The first kappa shape index (κ1) is 25.6. The molecule has 0 spiro atoms. The Balaban J connectivity index is 1.63. The van der Waals surface area contributed by atoms with Crippen LogP contribution in [0.2, 0.25) is 5.02 Å². The number of halogens is 2. The van der Waals surface area contributed by atoms with Crippen molar-refractivity contribution in [1.29, 1.82) is 0 Å². The van der Waals surface area contributed by atoms with Crippen LogP contribution in [0.3, 0.4) is 0 Å². The lowest BCUT2D eigenvalue weighted by molar-refractivity contribution is -0.385. The maximum absolute atomic E-state index is 12.5. The van der Waals surface area contributed by atoms with E-state index in [9.17, 15) is 14.9 Å². The van der Waals surface area contributed by atoms with Crippen molar-refractivity contribution < 1.29 is 23.9 Å². The number of cyclic esters (lactones) is 1. The highest BCUT2D eigenvalue weighted by Crippen LogP contribution is 2.38. The summed E-state index contributed by atoms with van der Waals surface area (Å²) in [5, 5.41) is 11.6. The Morgan fingerprint density at radius 1 is 1.17 bits per heavy atom. The quantitative estimate of drug-likeness (QED) is 0.0942. The Kier molecular flexibility index (Phi) is 7.90. The van der Waals surface area contributed by atoms with Crippen molar-refractivity contribution in [1.82, 2.24) is 0 Å². The van der Waals surface area contributed by atoms with Crippen LogP contribution in [-0.2, 0) is 16.1 Å². The van der Waals surface area contributed by atoms with Crippen LogP contribution in [0.4, 0.5) is 5.69 Å². The molecule has 1 aliphatic heterocycles. The van der Waals surface area contributed by atoms with Gasteiger partial charge in [-0.1, -0.05) is 29.8 Å². The zero-order chi connectivity index (χ0) is 25.8. The number of nitrogens with zero attached hydrogens (tertiary/aromatic N) is 2. The van der Waals surface area contributed by atoms with Crippen LogP contribution in [0.5, 0.6) is 11.5 Å². The van der Waals surface area contributed by atoms with E-state index in [1.807, 2.05) is 31.2 Å². The lowest BCUT2D eigenvalue weighted by Gasteiger charge is -2.15. The summed E-state index contributed by atoms with van der Waals surface area (Å²) in [5.41, 5.74) is 2.30. The topological polar surface area (TPSA) is 100 Å². The van der Waals surface area contributed by atoms with Crippen LogP contribution in [0.15, 0.2) is 65.3 Å². The number of carbonyl (C=O) groups excluding carboxylic acids is 1. The van der Waals surface area contributed by atoms with E-state index >= 15 is 0 Å². The van der Waals surface area contributed by atoms with Crippen LogP contribution in [0.1, 0.15) is 29.2 Å². The van der Waals surface area contributed by atoms with E-state index in [0.717, 1.165) is 9.13 Å². The largest absolute Gasteiger partial charge is 0.490 e. The number of esters is 1. The highest BCUT2D eigenvalue weighted by molar-refractivity contribution is 14.1. The number of ether oxygens (including phenoxy) is 3. The summed E-state index contributed by atoms with van der Waals surface area (Å²) in [6, 6.07) is 15.8. The first-order valence-electron chi connectivity index (χ1n) is 10.9. The van der Waals surface area contributed by atoms with E-state index < -0.39 is 10.9 Å². The summed E-state index contributed by atoms with van der Waals surface area (Å²) in [5.74, 6) is 0.126. The minimum absolute atomic E-state index is 0.0112. The second kappa shape index (κ2) is 11.1. The van der Waals surface area contributed by atoms with Crippen LogP contribution in [0, 0.1) is 20.6 Å².